The molecule has 5 nitrogen and oxygen atoms in total. The summed E-state index contributed by atoms with van der Waals surface area (Å²) in [6.45, 7) is 16.9. The molecular weight excluding hydrogens is 346 g/mol. The number of hydrogen-bond acceptors (Lipinski definition) is 4. The van der Waals surface area contributed by atoms with Gasteiger partial charge in [0.05, 0.1) is 18.9 Å². The Kier molecular flexibility index (Phi) is 52.1. The van der Waals surface area contributed by atoms with Gasteiger partial charge in [-0.05, 0) is 12.5 Å². The molecule has 1 aromatic rings. The van der Waals surface area contributed by atoms with Crippen LogP contribution in [0.15, 0.2) is 71.1 Å². The smallest absolute Gasteiger partial charge is 0.0690 e. The number of aromatic nitrogens is 3. The van der Waals surface area contributed by atoms with E-state index in [2.05, 4.69) is 49.7 Å². The number of rotatable bonds is 0. The van der Waals surface area contributed by atoms with E-state index in [1.54, 1.807) is 24.8 Å². The van der Waals surface area contributed by atoms with Crippen molar-refractivity contribution in [3.8, 4) is 0 Å². The van der Waals surface area contributed by atoms with Gasteiger partial charge in [-0.25, -0.2) is 0 Å². The first-order valence-corrected chi connectivity index (χ1v) is 10.4. The Hall–Kier alpha value is -2.56. The third kappa shape index (κ3) is 38.8. The van der Waals surface area contributed by atoms with Crippen LogP contribution in [0.4, 0.5) is 0 Å². The van der Waals surface area contributed by atoms with Gasteiger partial charge in [-0.15, -0.1) is 0 Å². The summed E-state index contributed by atoms with van der Waals surface area (Å²) in [5, 5.41) is 9.33. The summed E-state index contributed by atoms with van der Waals surface area (Å²) in [7, 11) is 0. The summed E-state index contributed by atoms with van der Waals surface area (Å²) in [6.07, 6.45) is 25.2. The van der Waals surface area contributed by atoms with Crippen LogP contribution in [0.1, 0.15) is 68.2 Å². The fourth-order valence-corrected chi connectivity index (χ4v) is 1.17. The number of nitrogens with one attached hydrogen (secondary N) is 1. The second kappa shape index (κ2) is 44.1. The molecule has 0 unspecified atom stereocenters. The van der Waals surface area contributed by atoms with Crippen molar-refractivity contribution < 1.29 is 0 Å². The lowest BCUT2D eigenvalue weighted by atomic mass is 10.5. The molecular formula is C23H43N5. The van der Waals surface area contributed by atoms with Crippen molar-refractivity contribution in [2.24, 2.45) is 9.98 Å². The van der Waals surface area contributed by atoms with Gasteiger partial charge in [-0.1, -0.05) is 91.8 Å². The molecule has 2 aliphatic heterocycles. The molecule has 0 radical (unpaired) electrons. The predicted molar refractivity (Wildman–Crippen MR) is 129 cm³/mol. The molecule has 1 N–H and O–H groups in total. The van der Waals surface area contributed by atoms with E-state index in [4.69, 9.17) is 0 Å². The van der Waals surface area contributed by atoms with Crippen LogP contribution < -0.4 is 0 Å². The van der Waals surface area contributed by atoms with Crippen molar-refractivity contribution in [2.45, 2.75) is 68.2 Å². The van der Waals surface area contributed by atoms with Gasteiger partial charge in [0, 0.05) is 25.0 Å². The normalized spacial score (nSPS) is 11.7. The number of hydrogen-bond donors (Lipinski definition) is 1. The number of nitrogens with zero attached hydrogens (tertiary/aromatic N) is 4. The summed E-state index contributed by atoms with van der Waals surface area (Å²) in [4.78, 5) is 7.62. The van der Waals surface area contributed by atoms with E-state index < -0.39 is 0 Å². The summed E-state index contributed by atoms with van der Waals surface area (Å²) in [6, 6.07) is 0. The third-order valence-electron chi connectivity index (χ3n) is 2.06. The fraction of sp³-hybridized carbons (Fsp3) is 0.478. The molecule has 0 saturated carbocycles. The quantitative estimate of drug-likeness (QED) is 0.518. The maximum atomic E-state index is 3.85. The average molecular weight is 390 g/mol. The molecule has 28 heavy (non-hydrogen) atoms. The summed E-state index contributed by atoms with van der Waals surface area (Å²) in [5.74, 6) is 0. The van der Waals surface area contributed by atoms with Crippen LogP contribution in [0.5, 0.6) is 0 Å². The van der Waals surface area contributed by atoms with Gasteiger partial charge in [-0.2, -0.15) is 15.4 Å². The number of aliphatic imine (C=N–C) groups is 2. The molecule has 3 heterocycles. The molecule has 0 saturated heterocycles. The number of allylic oxidation sites excluding steroid dienone is 6. The maximum Gasteiger partial charge on any atom is 0.0690 e. The van der Waals surface area contributed by atoms with E-state index >= 15 is 0 Å². The molecule has 0 spiro atoms. The Bertz CT molecular complexity index is 382. The predicted octanol–water partition coefficient (Wildman–Crippen LogP) is 7.01. The summed E-state index contributed by atoms with van der Waals surface area (Å²) >= 11 is 0. The minimum atomic E-state index is 0.889. The molecule has 0 atom stereocenters. The zero-order valence-corrected chi connectivity index (χ0v) is 19.3. The molecule has 5 heteroatoms. The molecule has 160 valence electrons. The highest BCUT2D eigenvalue weighted by Gasteiger charge is 1.73. The zero-order chi connectivity index (χ0) is 22.1. The second-order valence-corrected chi connectivity index (χ2v) is 3.64. The van der Waals surface area contributed by atoms with Crippen molar-refractivity contribution in [3.05, 3.63) is 61.1 Å². The Morgan fingerprint density at radius 3 is 1.36 bits per heavy atom. The Labute approximate surface area is 174 Å². The highest BCUT2D eigenvalue weighted by molar-refractivity contribution is 5.73. The molecule has 4 rings (SSSR count). The van der Waals surface area contributed by atoms with E-state index in [1.165, 1.54) is 0 Å². The SMILES string of the molecule is C1=CCC=C1.C1=CCN=C1.C1=CN=CC1.CC.CC.CC.CC.c1cn[nH]n1. The van der Waals surface area contributed by atoms with E-state index in [1.807, 2.05) is 79.8 Å². The fourth-order valence-electron chi connectivity index (χ4n) is 1.17. The maximum absolute atomic E-state index is 3.85. The monoisotopic (exact) mass is 389 g/mol. The highest BCUT2D eigenvalue weighted by Crippen LogP contribution is 1.93. The van der Waals surface area contributed by atoms with Gasteiger partial charge in [0.15, 0.2) is 0 Å². The van der Waals surface area contributed by atoms with Crippen molar-refractivity contribution >= 4 is 12.4 Å². The summed E-state index contributed by atoms with van der Waals surface area (Å²) in [5.41, 5.74) is 0. The standard InChI is InChI=1S/C5H6.2C4H5N.C2H3N3.4C2H6/c4*1-2-4-5-3-1;4*1-2/h1-4H,5H2;1,3-4H,2H2;1-3H,4H2;1-2H,(H,3,4,5);4*1-2H3. The van der Waals surface area contributed by atoms with E-state index in [9.17, 15) is 0 Å². The van der Waals surface area contributed by atoms with E-state index in [0.717, 1.165) is 19.4 Å². The zero-order valence-electron chi connectivity index (χ0n) is 19.3. The lowest BCUT2D eigenvalue weighted by Crippen LogP contribution is -1.61. The number of aromatic amines is 1. The van der Waals surface area contributed by atoms with Crippen LogP contribution in [-0.2, 0) is 0 Å². The first-order chi connectivity index (χ1) is 14.0. The Morgan fingerprint density at radius 2 is 1.21 bits per heavy atom. The minimum absolute atomic E-state index is 0.889. The Balaban J connectivity index is -0.000000123. The number of H-pyrrole nitrogens is 1. The first kappa shape index (κ1) is 33.1. The van der Waals surface area contributed by atoms with Gasteiger partial charge in [0.25, 0.3) is 0 Å². The van der Waals surface area contributed by atoms with Crippen LogP contribution in [0.2, 0.25) is 0 Å². The third-order valence-corrected chi connectivity index (χ3v) is 2.06. The average Bonchev–Trinajstić information content (AvgIpc) is 3.66. The van der Waals surface area contributed by atoms with Gasteiger partial charge in [-0.3, -0.25) is 9.98 Å². The van der Waals surface area contributed by atoms with Crippen LogP contribution in [0.3, 0.4) is 0 Å². The largest absolute Gasteiger partial charge is 0.289 e. The molecule has 0 aromatic carbocycles. The topological polar surface area (TPSA) is 66.3 Å². The van der Waals surface area contributed by atoms with Gasteiger partial charge < -0.3 is 0 Å². The molecule has 3 aliphatic rings. The van der Waals surface area contributed by atoms with E-state index in [0.29, 0.717) is 0 Å². The van der Waals surface area contributed by atoms with Gasteiger partial charge in [0.1, 0.15) is 0 Å². The van der Waals surface area contributed by atoms with Gasteiger partial charge >= 0.3 is 0 Å². The minimum Gasteiger partial charge on any atom is -0.289 e. The van der Waals surface area contributed by atoms with Crippen molar-refractivity contribution in [2.75, 3.05) is 6.54 Å². The molecule has 0 amide bonds. The van der Waals surface area contributed by atoms with Crippen LogP contribution in [0.25, 0.3) is 0 Å². The molecule has 0 bridgehead atoms. The lowest BCUT2D eigenvalue weighted by Gasteiger charge is -1.60. The molecule has 1 aromatic heterocycles. The van der Waals surface area contributed by atoms with Gasteiger partial charge in [0.2, 0.25) is 0 Å². The first-order valence-electron chi connectivity index (χ1n) is 10.4. The van der Waals surface area contributed by atoms with Crippen molar-refractivity contribution in [3.63, 3.8) is 0 Å². The van der Waals surface area contributed by atoms with E-state index in [-0.39, 0.29) is 0 Å². The molecule has 0 fully saturated rings. The highest BCUT2D eigenvalue weighted by atomic mass is 15.3. The Morgan fingerprint density at radius 1 is 0.643 bits per heavy atom. The van der Waals surface area contributed by atoms with Crippen LogP contribution in [0, 0.1) is 0 Å². The van der Waals surface area contributed by atoms with Crippen LogP contribution >= 0.6 is 0 Å². The second-order valence-electron chi connectivity index (χ2n) is 3.64. The lowest BCUT2D eigenvalue weighted by molar-refractivity contribution is 0.940. The van der Waals surface area contributed by atoms with Crippen LogP contribution in [-0.4, -0.2) is 34.4 Å². The van der Waals surface area contributed by atoms with Crippen molar-refractivity contribution in [1.29, 1.82) is 0 Å². The molecule has 1 aliphatic carbocycles. The summed E-state index contributed by atoms with van der Waals surface area (Å²) < 4.78 is 0. The van der Waals surface area contributed by atoms with Crippen molar-refractivity contribution in [1.82, 2.24) is 15.4 Å².